The van der Waals surface area contributed by atoms with Gasteiger partial charge in [0.05, 0.1) is 11.4 Å². The van der Waals surface area contributed by atoms with Crippen LogP contribution < -0.4 is 5.73 Å². The standard InChI is InChI=1S/C16H22FN5O2S/c17-15-5-3-13(4-6-15)12-25(23,24)22-7-1-2-14(10-22)9-21-11-16(8-18)19-20-21/h3-6,11,14H,1-2,7-10,12,18H2/t14-/m1/s1. The van der Waals surface area contributed by atoms with Crippen molar-refractivity contribution in [1.82, 2.24) is 19.3 Å². The average molecular weight is 367 g/mol. The summed E-state index contributed by atoms with van der Waals surface area (Å²) in [6.07, 6.45) is 3.55. The number of halogens is 1. The van der Waals surface area contributed by atoms with Crippen LogP contribution in [-0.4, -0.2) is 40.8 Å². The third-order valence-electron chi connectivity index (χ3n) is 4.38. The minimum atomic E-state index is -3.43. The minimum Gasteiger partial charge on any atom is -0.325 e. The lowest BCUT2D eigenvalue weighted by atomic mass is 10.00. The van der Waals surface area contributed by atoms with Crippen molar-refractivity contribution in [2.24, 2.45) is 11.7 Å². The van der Waals surface area contributed by atoms with Gasteiger partial charge in [-0.1, -0.05) is 17.3 Å². The summed E-state index contributed by atoms with van der Waals surface area (Å²) in [5, 5.41) is 7.98. The van der Waals surface area contributed by atoms with Crippen molar-refractivity contribution in [1.29, 1.82) is 0 Å². The van der Waals surface area contributed by atoms with Crippen molar-refractivity contribution >= 4 is 10.0 Å². The molecule has 0 bridgehead atoms. The lowest BCUT2D eigenvalue weighted by Crippen LogP contribution is -2.41. The topological polar surface area (TPSA) is 94.1 Å². The number of nitrogens with zero attached hydrogens (tertiary/aromatic N) is 4. The van der Waals surface area contributed by atoms with Crippen LogP contribution >= 0.6 is 0 Å². The molecule has 25 heavy (non-hydrogen) atoms. The molecule has 3 rings (SSSR count). The van der Waals surface area contributed by atoms with Gasteiger partial charge in [0, 0.05) is 32.4 Å². The molecule has 0 unspecified atom stereocenters. The molecule has 1 aromatic heterocycles. The van der Waals surface area contributed by atoms with E-state index in [1.54, 1.807) is 10.9 Å². The van der Waals surface area contributed by atoms with Crippen LogP contribution in [0.5, 0.6) is 0 Å². The van der Waals surface area contributed by atoms with Crippen LogP contribution in [0.1, 0.15) is 24.1 Å². The van der Waals surface area contributed by atoms with Gasteiger partial charge in [-0.3, -0.25) is 4.68 Å². The first-order chi connectivity index (χ1) is 12.0. The van der Waals surface area contributed by atoms with Gasteiger partial charge in [-0.15, -0.1) is 5.10 Å². The second-order valence-electron chi connectivity index (χ2n) is 6.39. The van der Waals surface area contributed by atoms with Crippen LogP contribution in [-0.2, 0) is 28.9 Å². The summed E-state index contributed by atoms with van der Waals surface area (Å²) in [6, 6.07) is 5.59. The molecule has 2 heterocycles. The number of hydrogen-bond donors (Lipinski definition) is 1. The second-order valence-corrected chi connectivity index (χ2v) is 8.35. The van der Waals surface area contributed by atoms with Crippen LogP contribution in [0.15, 0.2) is 30.5 Å². The first kappa shape index (κ1) is 18.0. The van der Waals surface area contributed by atoms with Crippen molar-refractivity contribution < 1.29 is 12.8 Å². The lowest BCUT2D eigenvalue weighted by molar-refractivity contribution is 0.238. The van der Waals surface area contributed by atoms with E-state index in [1.165, 1.54) is 28.6 Å². The Morgan fingerprint density at radius 1 is 1.28 bits per heavy atom. The highest BCUT2D eigenvalue weighted by molar-refractivity contribution is 7.88. The molecule has 7 nitrogen and oxygen atoms in total. The van der Waals surface area contributed by atoms with Crippen LogP contribution in [0.3, 0.4) is 0 Å². The Kier molecular flexibility index (Phi) is 5.45. The predicted octanol–water partition coefficient (Wildman–Crippen LogP) is 1.12. The fourth-order valence-corrected chi connectivity index (χ4v) is 4.74. The smallest absolute Gasteiger partial charge is 0.218 e. The summed E-state index contributed by atoms with van der Waals surface area (Å²) in [5.74, 6) is -0.298. The zero-order valence-electron chi connectivity index (χ0n) is 13.9. The molecule has 1 fully saturated rings. The first-order valence-electron chi connectivity index (χ1n) is 8.27. The minimum absolute atomic E-state index is 0.110. The van der Waals surface area contributed by atoms with E-state index in [0.29, 0.717) is 31.7 Å². The Morgan fingerprint density at radius 2 is 2.04 bits per heavy atom. The van der Waals surface area contributed by atoms with Gasteiger partial charge in [-0.2, -0.15) is 0 Å². The fourth-order valence-electron chi connectivity index (χ4n) is 3.10. The van der Waals surface area contributed by atoms with Crippen LogP contribution in [0, 0.1) is 11.7 Å². The van der Waals surface area contributed by atoms with Gasteiger partial charge in [-0.25, -0.2) is 17.1 Å². The van der Waals surface area contributed by atoms with E-state index in [4.69, 9.17) is 5.73 Å². The zero-order chi connectivity index (χ0) is 17.9. The van der Waals surface area contributed by atoms with E-state index in [2.05, 4.69) is 10.3 Å². The van der Waals surface area contributed by atoms with E-state index in [1.807, 2.05) is 0 Å². The van der Waals surface area contributed by atoms with Crippen molar-refractivity contribution in [3.63, 3.8) is 0 Å². The number of nitrogens with two attached hydrogens (primary N) is 1. The Labute approximate surface area is 146 Å². The largest absolute Gasteiger partial charge is 0.325 e. The van der Waals surface area contributed by atoms with E-state index >= 15 is 0 Å². The van der Waals surface area contributed by atoms with Gasteiger partial charge in [0.1, 0.15) is 5.82 Å². The normalized spacial score (nSPS) is 19.2. The molecule has 2 aromatic rings. The average Bonchev–Trinajstić information content (AvgIpc) is 3.05. The van der Waals surface area contributed by atoms with Crippen LogP contribution in [0.4, 0.5) is 4.39 Å². The molecule has 0 radical (unpaired) electrons. The first-order valence-corrected chi connectivity index (χ1v) is 9.88. The molecular weight excluding hydrogens is 345 g/mol. The predicted molar refractivity (Wildman–Crippen MR) is 91.2 cm³/mol. The number of aromatic nitrogens is 3. The number of sulfonamides is 1. The number of hydrogen-bond acceptors (Lipinski definition) is 5. The second kappa shape index (κ2) is 7.59. The monoisotopic (exact) mass is 367 g/mol. The number of rotatable bonds is 6. The third kappa shape index (κ3) is 4.62. The van der Waals surface area contributed by atoms with Crippen molar-refractivity contribution in [3.8, 4) is 0 Å². The summed E-state index contributed by atoms with van der Waals surface area (Å²) in [6.45, 7) is 1.94. The molecule has 0 aliphatic carbocycles. The Balaban J connectivity index is 1.64. The van der Waals surface area contributed by atoms with E-state index in [9.17, 15) is 12.8 Å². The highest BCUT2D eigenvalue weighted by atomic mass is 32.2. The summed E-state index contributed by atoms with van der Waals surface area (Å²) < 4.78 is 41.6. The summed E-state index contributed by atoms with van der Waals surface area (Å²) in [5.41, 5.74) is 6.84. The molecular formula is C16H22FN5O2S. The molecule has 1 aliphatic heterocycles. The molecule has 0 amide bonds. The molecule has 0 saturated carbocycles. The van der Waals surface area contributed by atoms with Gasteiger partial charge >= 0.3 is 0 Å². The maximum absolute atomic E-state index is 13.0. The van der Waals surface area contributed by atoms with Crippen molar-refractivity contribution in [3.05, 3.63) is 47.5 Å². The molecule has 1 aliphatic rings. The maximum Gasteiger partial charge on any atom is 0.218 e. The van der Waals surface area contributed by atoms with Gasteiger partial charge in [0.2, 0.25) is 10.0 Å². The molecule has 1 aromatic carbocycles. The quantitative estimate of drug-likeness (QED) is 0.826. The Bertz CT molecular complexity index is 806. The molecule has 2 N–H and O–H groups in total. The van der Waals surface area contributed by atoms with Crippen molar-refractivity contribution in [2.75, 3.05) is 13.1 Å². The van der Waals surface area contributed by atoms with Gasteiger partial charge < -0.3 is 5.73 Å². The van der Waals surface area contributed by atoms with E-state index in [-0.39, 0.29) is 17.5 Å². The number of benzene rings is 1. The highest BCUT2D eigenvalue weighted by Crippen LogP contribution is 2.22. The maximum atomic E-state index is 13.0. The molecule has 0 spiro atoms. The van der Waals surface area contributed by atoms with E-state index < -0.39 is 10.0 Å². The molecule has 1 saturated heterocycles. The fraction of sp³-hybridized carbons (Fsp3) is 0.500. The van der Waals surface area contributed by atoms with E-state index in [0.717, 1.165) is 18.5 Å². The third-order valence-corrected chi connectivity index (χ3v) is 6.19. The van der Waals surface area contributed by atoms with Crippen molar-refractivity contribution in [2.45, 2.75) is 31.7 Å². The summed E-state index contributed by atoms with van der Waals surface area (Å²) >= 11 is 0. The van der Waals surface area contributed by atoms with Crippen LogP contribution in [0.2, 0.25) is 0 Å². The van der Waals surface area contributed by atoms with Gasteiger partial charge in [0.15, 0.2) is 0 Å². The summed E-state index contributed by atoms with van der Waals surface area (Å²) in [7, 11) is -3.43. The lowest BCUT2D eigenvalue weighted by Gasteiger charge is -2.31. The number of piperidine rings is 1. The highest BCUT2D eigenvalue weighted by Gasteiger charge is 2.29. The summed E-state index contributed by atoms with van der Waals surface area (Å²) in [4.78, 5) is 0. The van der Waals surface area contributed by atoms with Gasteiger partial charge in [-0.05, 0) is 36.5 Å². The van der Waals surface area contributed by atoms with Crippen LogP contribution in [0.25, 0.3) is 0 Å². The zero-order valence-corrected chi connectivity index (χ0v) is 14.7. The molecule has 9 heteroatoms. The Hall–Kier alpha value is -1.84. The Morgan fingerprint density at radius 3 is 2.72 bits per heavy atom. The molecule has 1 atom stereocenters. The van der Waals surface area contributed by atoms with Gasteiger partial charge in [0.25, 0.3) is 0 Å². The SMILES string of the molecule is NCc1cn(C[C@H]2CCCN(S(=O)(=O)Cc3ccc(F)cc3)C2)nn1. The molecule has 136 valence electrons.